The number of rotatable bonds is 8. The average molecular weight is 469 g/mol. The fourth-order valence-corrected chi connectivity index (χ4v) is 3.81. The number of urea groups is 1. The Kier molecular flexibility index (Phi) is 7.21. The second kappa shape index (κ2) is 10.6. The molecule has 0 aliphatic rings. The maximum atomic E-state index is 12.2. The lowest BCUT2D eigenvalue weighted by atomic mass is 10.1. The minimum Gasteiger partial charge on any atom is -0.438 e. The number of primary amides is 1. The SMILES string of the molecule is CNc1nccc(-c2cccnc2Oc2ccc(N(CCc3ccccc3C)C(N)=O)cc2C)n1. The highest BCUT2D eigenvalue weighted by molar-refractivity contribution is 5.91. The summed E-state index contributed by atoms with van der Waals surface area (Å²) in [4.78, 5) is 26.9. The van der Waals surface area contributed by atoms with E-state index < -0.39 is 6.03 Å². The number of pyridine rings is 1. The number of nitrogens with zero attached hydrogens (tertiary/aromatic N) is 4. The molecule has 0 atom stereocenters. The van der Waals surface area contributed by atoms with Crippen molar-refractivity contribution >= 4 is 17.7 Å². The predicted molar refractivity (Wildman–Crippen MR) is 138 cm³/mol. The van der Waals surface area contributed by atoms with Gasteiger partial charge in [-0.05, 0) is 73.4 Å². The molecule has 0 spiro atoms. The first kappa shape index (κ1) is 23.7. The maximum absolute atomic E-state index is 12.2. The number of amides is 2. The average Bonchev–Trinajstić information content (AvgIpc) is 2.87. The molecule has 0 bridgehead atoms. The molecule has 4 rings (SSSR count). The van der Waals surface area contributed by atoms with Crippen molar-refractivity contribution in [3.63, 3.8) is 0 Å². The molecule has 0 radical (unpaired) electrons. The molecule has 4 aromatic rings. The molecule has 8 heteroatoms. The number of anilines is 2. The van der Waals surface area contributed by atoms with Gasteiger partial charge in [0.1, 0.15) is 5.75 Å². The normalized spacial score (nSPS) is 10.6. The van der Waals surface area contributed by atoms with Crippen LogP contribution in [0.5, 0.6) is 11.6 Å². The van der Waals surface area contributed by atoms with Gasteiger partial charge in [-0.3, -0.25) is 4.90 Å². The van der Waals surface area contributed by atoms with E-state index in [0.717, 1.165) is 11.1 Å². The third-order valence-electron chi connectivity index (χ3n) is 5.74. The highest BCUT2D eigenvalue weighted by Gasteiger charge is 2.16. The van der Waals surface area contributed by atoms with Crippen LogP contribution >= 0.6 is 0 Å². The Labute approximate surface area is 204 Å². The van der Waals surface area contributed by atoms with Gasteiger partial charge in [-0.25, -0.2) is 19.7 Å². The van der Waals surface area contributed by atoms with E-state index in [4.69, 9.17) is 10.5 Å². The van der Waals surface area contributed by atoms with Crippen molar-refractivity contribution in [2.75, 3.05) is 23.8 Å². The Bertz CT molecular complexity index is 1340. The van der Waals surface area contributed by atoms with Gasteiger partial charge in [-0.15, -0.1) is 0 Å². The van der Waals surface area contributed by atoms with E-state index in [1.165, 1.54) is 11.1 Å². The molecule has 2 amide bonds. The van der Waals surface area contributed by atoms with Crippen LogP contribution in [0, 0.1) is 13.8 Å². The van der Waals surface area contributed by atoms with E-state index in [1.54, 1.807) is 30.4 Å². The van der Waals surface area contributed by atoms with Crippen molar-refractivity contribution < 1.29 is 9.53 Å². The van der Waals surface area contributed by atoms with Gasteiger partial charge in [0.05, 0.1) is 11.3 Å². The first-order valence-electron chi connectivity index (χ1n) is 11.3. The van der Waals surface area contributed by atoms with Crippen molar-refractivity contribution in [3.8, 4) is 22.9 Å². The standard InChI is InChI=1S/C27H28N6O2/c1-18-7-4-5-8-20(18)13-16-33(26(28)34)21-10-11-24(19(2)17-21)35-25-22(9-6-14-30-25)23-12-15-31-27(29-3)32-23/h4-12,14-15,17H,13,16H2,1-3H3,(H2,28,34)(H,29,31,32). The summed E-state index contributed by atoms with van der Waals surface area (Å²) in [5.74, 6) is 1.56. The number of ether oxygens (including phenoxy) is 1. The number of benzene rings is 2. The van der Waals surface area contributed by atoms with Crippen molar-refractivity contribution in [1.29, 1.82) is 0 Å². The highest BCUT2D eigenvalue weighted by Crippen LogP contribution is 2.33. The number of aryl methyl sites for hydroxylation is 2. The Morgan fingerprint density at radius 1 is 1.00 bits per heavy atom. The lowest BCUT2D eigenvalue weighted by molar-refractivity contribution is 0.254. The Balaban J connectivity index is 1.56. The minimum atomic E-state index is -0.497. The first-order chi connectivity index (χ1) is 17.0. The number of aromatic nitrogens is 3. The van der Waals surface area contributed by atoms with Gasteiger partial charge in [0.2, 0.25) is 11.8 Å². The molecule has 2 heterocycles. The summed E-state index contributed by atoms with van der Waals surface area (Å²) in [7, 11) is 1.76. The number of nitrogens with two attached hydrogens (primary N) is 1. The van der Waals surface area contributed by atoms with Crippen LogP contribution in [0.4, 0.5) is 16.4 Å². The summed E-state index contributed by atoms with van der Waals surface area (Å²) in [5, 5.41) is 2.94. The summed E-state index contributed by atoms with van der Waals surface area (Å²) in [6.45, 7) is 4.46. The summed E-state index contributed by atoms with van der Waals surface area (Å²) in [5.41, 5.74) is 11.1. The summed E-state index contributed by atoms with van der Waals surface area (Å²) in [6.07, 6.45) is 4.06. The number of carbonyl (C=O) groups excluding carboxylic acids is 1. The van der Waals surface area contributed by atoms with Crippen LogP contribution in [-0.2, 0) is 6.42 Å². The zero-order chi connectivity index (χ0) is 24.8. The van der Waals surface area contributed by atoms with Crippen LogP contribution in [0.3, 0.4) is 0 Å². The number of hydrogen-bond acceptors (Lipinski definition) is 6. The number of nitrogens with one attached hydrogen (secondary N) is 1. The fourth-order valence-electron chi connectivity index (χ4n) is 3.81. The van der Waals surface area contributed by atoms with Crippen LogP contribution in [0.2, 0.25) is 0 Å². The molecule has 0 saturated heterocycles. The van der Waals surface area contributed by atoms with Gasteiger partial charge in [-0.2, -0.15) is 0 Å². The van der Waals surface area contributed by atoms with Crippen molar-refractivity contribution in [2.24, 2.45) is 5.73 Å². The third-order valence-corrected chi connectivity index (χ3v) is 5.74. The topological polar surface area (TPSA) is 106 Å². The molecule has 0 aliphatic heterocycles. The van der Waals surface area contributed by atoms with Crippen molar-refractivity contribution in [2.45, 2.75) is 20.3 Å². The highest BCUT2D eigenvalue weighted by atomic mass is 16.5. The van der Waals surface area contributed by atoms with Gasteiger partial charge in [-0.1, -0.05) is 24.3 Å². The Morgan fingerprint density at radius 2 is 1.83 bits per heavy atom. The van der Waals surface area contributed by atoms with Gasteiger partial charge in [0.25, 0.3) is 0 Å². The second-order valence-electron chi connectivity index (χ2n) is 8.09. The molecule has 0 aliphatic carbocycles. The van der Waals surface area contributed by atoms with Crippen LogP contribution in [0.1, 0.15) is 16.7 Å². The van der Waals surface area contributed by atoms with Crippen LogP contribution in [0.15, 0.2) is 73.1 Å². The van der Waals surface area contributed by atoms with E-state index in [1.807, 2.05) is 49.4 Å². The monoisotopic (exact) mass is 468 g/mol. The Morgan fingerprint density at radius 3 is 2.57 bits per heavy atom. The molecule has 0 unspecified atom stereocenters. The minimum absolute atomic E-state index is 0.426. The van der Waals surface area contributed by atoms with Crippen LogP contribution < -0.4 is 20.7 Å². The van der Waals surface area contributed by atoms with E-state index in [0.29, 0.717) is 41.9 Å². The molecule has 2 aromatic heterocycles. The third kappa shape index (κ3) is 5.55. The molecular weight excluding hydrogens is 440 g/mol. The van der Waals surface area contributed by atoms with Gasteiger partial charge in [0.15, 0.2) is 0 Å². The predicted octanol–water partition coefficient (Wildman–Crippen LogP) is 5.12. The molecule has 0 fully saturated rings. The molecule has 3 N–H and O–H groups in total. The summed E-state index contributed by atoms with van der Waals surface area (Å²) in [6, 6.07) is 18.7. The largest absolute Gasteiger partial charge is 0.438 e. The lowest BCUT2D eigenvalue weighted by Gasteiger charge is -2.22. The maximum Gasteiger partial charge on any atom is 0.319 e. The second-order valence-corrected chi connectivity index (χ2v) is 8.09. The molecule has 8 nitrogen and oxygen atoms in total. The van der Waals surface area contributed by atoms with Gasteiger partial charge >= 0.3 is 6.03 Å². The molecule has 178 valence electrons. The van der Waals surface area contributed by atoms with Crippen molar-refractivity contribution in [3.05, 3.63) is 89.7 Å². The van der Waals surface area contributed by atoms with Crippen LogP contribution in [-0.4, -0.2) is 34.6 Å². The van der Waals surface area contributed by atoms with E-state index in [2.05, 4.69) is 39.3 Å². The quantitative estimate of drug-likeness (QED) is 0.372. The number of hydrogen-bond donors (Lipinski definition) is 2. The van der Waals surface area contributed by atoms with E-state index in [-0.39, 0.29) is 0 Å². The van der Waals surface area contributed by atoms with E-state index in [9.17, 15) is 4.79 Å². The molecule has 0 saturated carbocycles. The molecule has 35 heavy (non-hydrogen) atoms. The van der Waals surface area contributed by atoms with Crippen molar-refractivity contribution in [1.82, 2.24) is 15.0 Å². The van der Waals surface area contributed by atoms with E-state index >= 15 is 0 Å². The zero-order valence-electron chi connectivity index (χ0n) is 20.0. The van der Waals surface area contributed by atoms with Gasteiger partial charge < -0.3 is 15.8 Å². The van der Waals surface area contributed by atoms with Gasteiger partial charge in [0, 0.05) is 31.7 Å². The molecule has 2 aromatic carbocycles. The summed E-state index contributed by atoms with van der Waals surface area (Å²) >= 11 is 0. The van der Waals surface area contributed by atoms with Crippen LogP contribution in [0.25, 0.3) is 11.3 Å². The zero-order valence-corrected chi connectivity index (χ0v) is 20.0. The fraction of sp³-hybridized carbons (Fsp3) is 0.185. The summed E-state index contributed by atoms with van der Waals surface area (Å²) < 4.78 is 6.18. The Hall–Kier alpha value is -4.46. The molecular formula is C27H28N6O2. The number of carbonyl (C=O) groups is 1. The lowest BCUT2D eigenvalue weighted by Crippen LogP contribution is -2.37. The first-order valence-corrected chi connectivity index (χ1v) is 11.3. The smallest absolute Gasteiger partial charge is 0.319 e.